The van der Waals surface area contributed by atoms with Crippen LogP contribution in [0.1, 0.15) is 120 Å². The number of rotatable bonds is 12. The molecule has 216 valence electrons. The molecule has 2 saturated carbocycles. The predicted octanol–water partition coefficient (Wildman–Crippen LogP) is 11.1. The van der Waals surface area contributed by atoms with Crippen LogP contribution >= 0.6 is 0 Å². The van der Waals surface area contributed by atoms with E-state index in [1.54, 1.807) is 12.1 Å². The van der Waals surface area contributed by atoms with Gasteiger partial charge in [0.15, 0.2) is 17.5 Å². The molecule has 0 atom stereocenters. The molecule has 0 aromatic heterocycles. The van der Waals surface area contributed by atoms with Gasteiger partial charge in [-0.15, -0.1) is 0 Å². The van der Waals surface area contributed by atoms with Crippen molar-refractivity contribution < 1.29 is 26.7 Å². The molecule has 4 rings (SSSR count). The van der Waals surface area contributed by atoms with Crippen LogP contribution in [-0.4, -0.2) is 0 Å². The van der Waals surface area contributed by atoms with Crippen LogP contribution in [0.5, 0.6) is 5.75 Å². The standard InChI is InChI=1S/C33H43F5O/c1-2-3-4-5-6-7-8-23-9-11-24(12-10-23)25-13-15-26(16-14-25)27-17-19-28(20-18-27)33(37,38)39-29-21-30(34)32(36)31(35)22-29/h17-26H,2-16H2,1H3/t23-,24-,25-,26-. The van der Waals surface area contributed by atoms with Gasteiger partial charge in [-0.05, 0) is 79.9 Å². The van der Waals surface area contributed by atoms with Crippen LogP contribution in [0.15, 0.2) is 36.4 Å². The molecule has 1 nitrogen and oxygen atoms in total. The summed E-state index contributed by atoms with van der Waals surface area (Å²) >= 11 is 0. The van der Waals surface area contributed by atoms with Crippen LogP contribution in [0.4, 0.5) is 22.0 Å². The molecule has 0 heterocycles. The molecule has 2 fully saturated rings. The van der Waals surface area contributed by atoms with Gasteiger partial charge in [-0.25, -0.2) is 13.2 Å². The summed E-state index contributed by atoms with van der Waals surface area (Å²) in [5.41, 5.74) is 0.623. The molecule has 0 unspecified atom stereocenters. The Bertz CT molecular complexity index is 998. The maximum atomic E-state index is 14.6. The Hall–Kier alpha value is -2.11. The maximum Gasteiger partial charge on any atom is 0.426 e. The molecule has 6 heteroatoms. The van der Waals surface area contributed by atoms with E-state index in [4.69, 9.17) is 0 Å². The monoisotopic (exact) mass is 550 g/mol. The zero-order valence-corrected chi connectivity index (χ0v) is 23.2. The van der Waals surface area contributed by atoms with Crippen molar-refractivity contribution >= 4 is 0 Å². The van der Waals surface area contributed by atoms with E-state index < -0.39 is 34.9 Å². The van der Waals surface area contributed by atoms with Crippen LogP contribution in [-0.2, 0) is 6.11 Å². The van der Waals surface area contributed by atoms with Crippen LogP contribution in [0.25, 0.3) is 0 Å². The van der Waals surface area contributed by atoms with Gasteiger partial charge in [0.1, 0.15) is 5.75 Å². The smallest absolute Gasteiger partial charge is 0.426 e. The SMILES string of the molecule is CCCCCCCC[C@H]1CC[C@H]([C@H]2CC[C@H](c3ccc(C(F)(F)Oc4cc(F)c(F)c(F)c4)cc3)CC2)CC1. The normalized spacial score (nSPS) is 24.1. The minimum absolute atomic E-state index is 0.356. The molecule has 0 saturated heterocycles. The van der Waals surface area contributed by atoms with E-state index in [0.717, 1.165) is 36.2 Å². The van der Waals surface area contributed by atoms with E-state index in [-0.39, 0.29) is 0 Å². The first-order chi connectivity index (χ1) is 18.8. The summed E-state index contributed by atoms with van der Waals surface area (Å²) in [5.74, 6) is -2.74. The third-order valence-electron chi connectivity index (χ3n) is 9.22. The lowest BCUT2D eigenvalue weighted by Crippen LogP contribution is -2.25. The van der Waals surface area contributed by atoms with Gasteiger partial charge in [-0.3, -0.25) is 0 Å². The third kappa shape index (κ3) is 8.20. The highest BCUT2D eigenvalue weighted by Gasteiger charge is 2.36. The predicted molar refractivity (Wildman–Crippen MR) is 145 cm³/mol. The first kappa shape index (κ1) is 29.9. The Morgan fingerprint density at radius 1 is 0.718 bits per heavy atom. The summed E-state index contributed by atoms with van der Waals surface area (Å²) in [7, 11) is 0. The second-order valence-electron chi connectivity index (χ2n) is 11.9. The van der Waals surface area contributed by atoms with E-state index >= 15 is 0 Å². The van der Waals surface area contributed by atoms with E-state index in [1.807, 2.05) is 0 Å². The molecule has 2 aromatic rings. The molecule has 0 spiro atoms. The summed E-state index contributed by atoms with van der Waals surface area (Å²) in [6.07, 6.45) is 15.9. The third-order valence-corrected chi connectivity index (χ3v) is 9.22. The summed E-state index contributed by atoms with van der Waals surface area (Å²) in [4.78, 5) is 0. The highest BCUT2D eigenvalue weighted by Crippen LogP contribution is 2.45. The Kier molecular flexibility index (Phi) is 10.7. The first-order valence-corrected chi connectivity index (χ1v) is 15.1. The molecule has 0 bridgehead atoms. The number of unbranched alkanes of at least 4 members (excludes halogenated alkanes) is 5. The zero-order valence-electron chi connectivity index (χ0n) is 23.2. The lowest BCUT2D eigenvalue weighted by Gasteiger charge is -2.38. The van der Waals surface area contributed by atoms with Gasteiger partial charge < -0.3 is 4.74 Å². The average Bonchev–Trinajstić information content (AvgIpc) is 2.94. The summed E-state index contributed by atoms with van der Waals surface area (Å²) in [6, 6.07) is 6.86. The molecule has 39 heavy (non-hydrogen) atoms. The van der Waals surface area contributed by atoms with Crippen molar-refractivity contribution in [2.45, 2.75) is 115 Å². The van der Waals surface area contributed by atoms with Gasteiger partial charge in [0.25, 0.3) is 0 Å². The van der Waals surface area contributed by atoms with Crippen LogP contribution in [0, 0.1) is 35.2 Å². The van der Waals surface area contributed by atoms with E-state index in [1.165, 1.54) is 95.6 Å². The second kappa shape index (κ2) is 14.0. The molecular formula is C33H43F5O. The number of benzene rings is 2. The van der Waals surface area contributed by atoms with Crippen molar-refractivity contribution in [2.24, 2.45) is 17.8 Å². The summed E-state index contributed by atoms with van der Waals surface area (Å²) in [6.45, 7) is 2.26. The Morgan fingerprint density at radius 2 is 1.26 bits per heavy atom. The maximum absolute atomic E-state index is 14.6. The number of ether oxygens (including phenoxy) is 1. The Balaban J connectivity index is 1.21. The van der Waals surface area contributed by atoms with Crippen molar-refractivity contribution in [3.8, 4) is 5.75 Å². The highest BCUT2D eigenvalue weighted by atomic mass is 19.3. The molecule has 0 aliphatic heterocycles. The quantitative estimate of drug-likeness (QED) is 0.145. The first-order valence-electron chi connectivity index (χ1n) is 15.1. The number of halogens is 5. The van der Waals surface area contributed by atoms with Crippen LogP contribution in [0.2, 0.25) is 0 Å². The van der Waals surface area contributed by atoms with Crippen molar-refractivity contribution in [1.29, 1.82) is 0 Å². The topological polar surface area (TPSA) is 9.23 Å². The molecule has 2 aliphatic rings. The van der Waals surface area contributed by atoms with Crippen LogP contribution in [0.3, 0.4) is 0 Å². The van der Waals surface area contributed by atoms with Gasteiger partial charge in [0, 0.05) is 12.1 Å². The lowest BCUT2D eigenvalue weighted by atomic mass is 9.68. The summed E-state index contributed by atoms with van der Waals surface area (Å²) in [5, 5.41) is 0. The molecule has 2 aromatic carbocycles. The Morgan fingerprint density at radius 3 is 1.85 bits per heavy atom. The van der Waals surface area contributed by atoms with E-state index in [9.17, 15) is 22.0 Å². The molecular weight excluding hydrogens is 507 g/mol. The second-order valence-corrected chi connectivity index (χ2v) is 11.9. The minimum atomic E-state index is -3.80. The van der Waals surface area contributed by atoms with Gasteiger partial charge in [0.05, 0.1) is 5.56 Å². The van der Waals surface area contributed by atoms with Gasteiger partial charge in [0.2, 0.25) is 0 Å². The highest BCUT2D eigenvalue weighted by molar-refractivity contribution is 5.30. The zero-order chi connectivity index (χ0) is 27.8. The fourth-order valence-electron chi connectivity index (χ4n) is 6.83. The van der Waals surface area contributed by atoms with Crippen molar-refractivity contribution in [1.82, 2.24) is 0 Å². The van der Waals surface area contributed by atoms with Crippen molar-refractivity contribution in [2.75, 3.05) is 0 Å². The molecule has 2 aliphatic carbocycles. The van der Waals surface area contributed by atoms with Gasteiger partial charge in [-0.1, -0.05) is 76.8 Å². The number of alkyl halides is 2. The number of hydrogen-bond acceptors (Lipinski definition) is 1. The van der Waals surface area contributed by atoms with Crippen LogP contribution < -0.4 is 4.74 Å². The Labute approximate surface area is 230 Å². The fourth-order valence-corrected chi connectivity index (χ4v) is 6.83. The molecule has 0 N–H and O–H groups in total. The molecule has 0 radical (unpaired) electrons. The van der Waals surface area contributed by atoms with E-state index in [0.29, 0.717) is 18.1 Å². The van der Waals surface area contributed by atoms with Crippen molar-refractivity contribution in [3.63, 3.8) is 0 Å². The van der Waals surface area contributed by atoms with Gasteiger partial charge in [-0.2, -0.15) is 8.78 Å². The molecule has 0 amide bonds. The van der Waals surface area contributed by atoms with E-state index in [2.05, 4.69) is 11.7 Å². The summed E-state index contributed by atoms with van der Waals surface area (Å²) < 4.78 is 73.7. The largest absolute Gasteiger partial charge is 0.429 e. The van der Waals surface area contributed by atoms with Gasteiger partial charge >= 0.3 is 6.11 Å². The van der Waals surface area contributed by atoms with Crippen molar-refractivity contribution in [3.05, 3.63) is 65.0 Å². The lowest BCUT2D eigenvalue weighted by molar-refractivity contribution is -0.185. The number of hydrogen-bond donors (Lipinski definition) is 0. The average molecular weight is 551 g/mol. The minimum Gasteiger partial charge on any atom is -0.429 e. The fraction of sp³-hybridized carbons (Fsp3) is 0.636.